The molecule has 0 unspecified atom stereocenters. The van der Waals surface area contributed by atoms with Gasteiger partial charge in [-0.2, -0.15) is 0 Å². The van der Waals surface area contributed by atoms with Gasteiger partial charge in [-0.1, -0.05) is 29.8 Å². The normalized spacial score (nSPS) is 18.6. The summed E-state index contributed by atoms with van der Waals surface area (Å²) >= 11 is 3.56. The summed E-state index contributed by atoms with van der Waals surface area (Å²) in [6.45, 7) is 7.84. The smallest absolute Gasteiger partial charge is 0.115 e. The molecule has 1 aliphatic heterocycles. The molecule has 1 aromatic carbocycles. The van der Waals surface area contributed by atoms with E-state index in [2.05, 4.69) is 57.9 Å². The molecule has 0 bridgehead atoms. The Balaban J connectivity index is 2.15. The summed E-state index contributed by atoms with van der Waals surface area (Å²) in [5, 5.41) is 3.46. The van der Waals surface area contributed by atoms with Crippen molar-refractivity contribution in [2.75, 3.05) is 13.1 Å². The van der Waals surface area contributed by atoms with E-state index in [1.807, 2.05) is 0 Å². The molecule has 0 radical (unpaired) electrons. The largest absolute Gasteiger partial charge is 0.328 e. The van der Waals surface area contributed by atoms with Gasteiger partial charge in [0.15, 0.2) is 0 Å². The highest BCUT2D eigenvalue weighted by Crippen LogP contribution is 2.35. The molecule has 108 valence electrons. The van der Waals surface area contributed by atoms with Crippen LogP contribution in [-0.2, 0) is 12.0 Å². The Kier molecular flexibility index (Phi) is 3.87. The topological polar surface area (TPSA) is 29.9 Å². The zero-order valence-corrected chi connectivity index (χ0v) is 13.8. The van der Waals surface area contributed by atoms with Crippen LogP contribution in [0.4, 0.5) is 0 Å². The average Bonchev–Trinajstić information content (AvgIpc) is 2.79. The zero-order chi connectivity index (χ0) is 14.2. The summed E-state index contributed by atoms with van der Waals surface area (Å²) in [6.07, 6.45) is 3.48. The highest BCUT2D eigenvalue weighted by Gasteiger charge is 2.33. The highest BCUT2D eigenvalue weighted by molar-refractivity contribution is 9.10. The first-order valence-corrected chi connectivity index (χ1v) is 8.30. The number of aromatic nitrogens is 2. The summed E-state index contributed by atoms with van der Waals surface area (Å²) in [4.78, 5) is 4.99. The van der Waals surface area contributed by atoms with E-state index in [0.717, 1.165) is 36.0 Å². The van der Waals surface area contributed by atoms with Gasteiger partial charge in [0.25, 0.3) is 0 Å². The lowest BCUT2D eigenvalue weighted by atomic mass is 9.80. The van der Waals surface area contributed by atoms with E-state index in [0.29, 0.717) is 0 Å². The third-order valence-electron chi connectivity index (χ3n) is 4.40. The average molecular weight is 336 g/mol. The van der Waals surface area contributed by atoms with E-state index in [1.54, 1.807) is 0 Å². The number of hydrogen-bond donors (Lipinski definition) is 1. The van der Waals surface area contributed by atoms with Crippen molar-refractivity contribution in [2.24, 2.45) is 0 Å². The van der Waals surface area contributed by atoms with Crippen LogP contribution in [0.25, 0.3) is 11.0 Å². The van der Waals surface area contributed by atoms with Gasteiger partial charge in [0, 0.05) is 16.4 Å². The van der Waals surface area contributed by atoms with Gasteiger partial charge >= 0.3 is 0 Å². The first-order valence-electron chi connectivity index (χ1n) is 7.51. The van der Waals surface area contributed by atoms with Crippen LogP contribution in [0.2, 0.25) is 0 Å². The molecule has 2 aromatic rings. The molecule has 0 aliphatic carbocycles. The van der Waals surface area contributed by atoms with Crippen LogP contribution in [0.1, 0.15) is 38.9 Å². The molecule has 1 saturated heterocycles. The van der Waals surface area contributed by atoms with E-state index in [-0.39, 0.29) is 5.41 Å². The second-order valence-corrected chi connectivity index (χ2v) is 6.95. The zero-order valence-electron chi connectivity index (χ0n) is 12.2. The van der Waals surface area contributed by atoms with Crippen molar-refractivity contribution in [1.29, 1.82) is 0 Å². The molecule has 3 rings (SSSR count). The fraction of sp³-hybridized carbons (Fsp3) is 0.562. The van der Waals surface area contributed by atoms with Crippen molar-refractivity contribution >= 4 is 27.0 Å². The van der Waals surface area contributed by atoms with E-state index in [9.17, 15) is 0 Å². The van der Waals surface area contributed by atoms with Gasteiger partial charge < -0.3 is 9.88 Å². The quantitative estimate of drug-likeness (QED) is 0.923. The van der Waals surface area contributed by atoms with Crippen molar-refractivity contribution in [3.05, 3.63) is 28.5 Å². The number of aryl methyl sites for hydroxylation is 1. The molecule has 0 amide bonds. The first kappa shape index (κ1) is 14.1. The fourth-order valence-corrected chi connectivity index (χ4v) is 3.56. The maximum absolute atomic E-state index is 4.99. The van der Waals surface area contributed by atoms with Gasteiger partial charge in [-0.3, -0.25) is 0 Å². The second kappa shape index (κ2) is 5.49. The third kappa shape index (κ3) is 2.40. The van der Waals surface area contributed by atoms with Gasteiger partial charge in [-0.25, -0.2) is 4.98 Å². The maximum Gasteiger partial charge on any atom is 0.115 e. The summed E-state index contributed by atoms with van der Waals surface area (Å²) in [5.41, 5.74) is 2.58. The maximum atomic E-state index is 4.99. The van der Waals surface area contributed by atoms with Gasteiger partial charge in [-0.15, -0.1) is 0 Å². The molecule has 1 fully saturated rings. The van der Waals surface area contributed by atoms with E-state index in [4.69, 9.17) is 4.98 Å². The Morgan fingerprint density at radius 3 is 2.80 bits per heavy atom. The number of rotatable bonds is 3. The fourth-order valence-electron chi connectivity index (χ4n) is 3.22. The van der Waals surface area contributed by atoms with Crippen LogP contribution < -0.4 is 5.32 Å². The molecule has 4 heteroatoms. The lowest BCUT2D eigenvalue weighted by Gasteiger charge is -2.34. The molecule has 1 aromatic heterocycles. The Hall–Kier alpha value is -0.870. The van der Waals surface area contributed by atoms with Crippen LogP contribution in [0, 0.1) is 0 Å². The van der Waals surface area contributed by atoms with Crippen molar-refractivity contribution in [3.8, 4) is 0 Å². The Labute approximate surface area is 128 Å². The molecular weight excluding hydrogens is 314 g/mol. The van der Waals surface area contributed by atoms with E-state index < -0.39 is 0 Å². The monoisotopic (exact) mass is 335 g/mol. The Morgan fingerprint density at radius 1 is 1.35 bits per heavy atom. The van der Waals surface area contributed by atoms with Crippen LogP contribution in [0.3, 0.4) is 0 Å². The molecule has 20 heavy (non-hydrogen) atoms. The molecule has 0 saturated carbocycles. The minimum atomic E-state index is 0.200. The standard InChI is InChI=1S/C16H22BrN3/c1-3-10-20-14-5-4-12(17)11-13(14)19-15(20)16(2)6-8-18-9-7-16/h4-5,11,18H,3,6-10H2,1-2H3. The lowest BCUT2D eigenvalue weighted by Crippen LogP contribution is -2.39. The van der Waals surface area contributed by atoms with Gasteiger partial charge in [0.2, 0.25) is 0 Å². The molecule has 0 spiro atoms. The van der Waals surface area contributed by atoms with Crippen LogP contribution in [0.5, 0.6) is 0 Å². The summed E-state index contributed by atoms with van der Waals surface area (Å²) in [5.74, 6) is 1.27. The predicted molar refractivity (Wildman–Crippen MR) is 87.2 cm³/mol. The SMILES string of the molecule is CCCn1c(C2(C)CCNCC2)nc2cc(Br)ccc21. The van der Waals surface area contributed by atoms with E-state index in [1.165, 1.54) is 24.2 Å². The highest BCUT2D eigenvalue weighted by atomic mass is 79.9. The minimum Gasteiger partial charge on any atom is -0.328 e. The van der Waals surface area contributed by atoms with Crippen LogP contribution in [0.15, 0.2) is 22.7 Å². The van der Waals surface area contributed by atoms with Crippen molar-refractivity contribution in [1.82, 2.24) is 14.9 Å². The van der Waals surface area contributed by atoms with Crippen molar-refractivity contribution < 1.29 is 0 Å². The number of piperidine rings is 1. The Bertz CT molecular complexity index is 611. The number of nitrogens with zero attached hydrogens (tertiary/aromatic N) is 2. The summed E-state index contributed by atoms with van der Waals surface area (Å²) < 4.78 is 3.54. The predicted octanol–water partition coefficient (Wildman–Crippen LogP) is 3.85. The lowest BCUT2D eigenvalue weighted by molar-refractivity contribution is 0.309. The number of imidazole rings is 1. The van der Waals surface area contributed by atoms with Gasteiger partial charge in [-0.05, 0) is 50.6 Å². The van der Waals surface area contributed by atoms with Crippen molar-refractivity contribution in [3.63, 3.8) is 0 Å². The third-order valence-corrected chi connectivity index (χ3v) is 4.90. The van der Waals surface area contributed by atoms with Crippen LogP contribution >= 0.6 is 15.9 Å². The Morgan fingerprint density at radius 2 is 2.10 bits per heavy atom. The van der Waals surface area contributed by atoms with Crippen molar-refractivity contribution in [2.45, 2.75) is 45.1 Å². The number of fused-ring (bicyclic) bond motifs is 1. The van der Waals surface area contributed by atoms with E-state index >= 15 is 0 Å². The first-order chi connectivity index (χ1) is 9.64. The summed E-state index contributed by atoms with van der Waals surface area (Å²) in [7, 11) is 0. The van der Waals surface area contributed by atoms with Gasteiger partial charge in [0.1, 0.15) is 5.82 Å². The number of benzene rings is 1. The minimum absolute atomic E-state index is 0.200. The molecule has 0 atom stereocenters. The number of hydrogen-bond acceptors (Lipinski definition) is 2. The molecule has 2 heterocycles. The number of nitrogens with one attached hydrogen (secondary N) is 1. The molecular formula is C16H22BrN3. The van der Waals surface area contributed by atoms with Gasteiger partial charge in [0.05, 0.1) is 11.0 Å². The van der Waals surface area contributed by atoms with Crippen LogP contribution in [-0.4, -0.2) is 22.6 Å². The molecule has 1 N–H and O–H groups in total. The summed E-state index contributed by atoms with van der Waals surface area (Å²) in [6, 6.07) is 6.44. The molecule has 3 nitrogen and oxygen atoms in total. The number of halogens is 1. The molecule has 1 aliphatic rings. The second-order valence-electron chi connectivity index (χ2n) is 6.03.